The number of benzene rings is 1. The summed E-state index contributed by atoms with van der Waals surface area (Å²) in [5.74, 6) is 2.48. The summed E-state index contributed by atoms with van der Waals surface area (Å²) >= 11 is 0. The van der Waals surface area contributed by atoms with Crippen LogP contribution in [0.3, 0.4) is 0 Å². The van der Waals surface area contributed by atoms with E-state index in [1.54, 1.807) is 38.0 Å². The zero-order valence-electron chi connectivity index (χ0n) is 12.5. The van der Waals surface area contributed by atoms with Crippen molar-refractivity contribution in [3.8, 4) is 23.1 Å². The molecule has 0 fully saturated rings. The van der Waals surface area contributed by atoms with Gasteiger partial charge in [0.25, 0.3) is 0 Å². The lowest BCUT2D eigenvalue weighted by atomic mass is 10.3. The molecule has 6 heteroatoms. The van der Waals surface area contributed by atoms with Crippen molar-refractivity contribution in [2.24, 2.45) is 0 Å². The first-order valence-corrected chi connectivity index (χ1v) is 6.99. The summed E-state index contributed by atoms with van der Waals surface area (Å²) in [6.07, 6.45) is 6.53. The van der Waals surface area contributed by atoms with Gasteiger partial charge in [0.05, 0.1) is 25.7 Å². The second-order valence-corrected chi connectivity index (χ2v) is 4.61. The number of nitrogens with zero attached hydrogens (tertiary/aromatic N) is 3. The topological polar surface area (TPSA) is 66.4 Å². The third-order valence-corrected chi connectivity index (χ3v) is 2.93. The number of hydrogen-bond acceptors (Lipinski definition) is 6. The van der Waals surface area contributed by atoms with E-state index in [0.29, 0.717) is 35.4 Å². The van der Waals surface area contributed by atoms with Gasteiger partial charge in [-0.25, -0.2) is 4.98 Å². The predicted octanol–water partition coefficient (Wildman–Crippen LogP) is 3.25. The van der Waals surface area contributed by atoms with Crippen molar-refractivity contribution in [1.82, 2.24) is 15.0 Å². The fourth-order valence-corrected chi connectivity index (χ4v) is 1.88. The van der Waals surface area contributed by atoms with Crippen LogP contribution >= 0.6 is 0 Å². The fourth-order valence-electron chi connectivity index (χ4n) is 1.88. The van der Waals surface area contributed by atoms with Crippen LogP contribution < -0.4 is 14.2 Å². The van der Waals surface area contributed by atoms with Crippen LogP contribution in [0.5, 0.6) is 23.1 Å². The molecule has 0 aliphatic rings. The maximum atomic E-state index is 5.72. The molecule has 0 amide bonds. The van der Waals surface area contributed by atoms with E-state index in [-0.39, 0.29) is 0 Å². The van der Waals surface area contributed by atoms with E-state index in [1.165, 1.54) is 0 Å². The fraction of sp³-hybridized carbons (Fsp3) is 0.118. The van der Waals surface area contributed by atoms with Crippen molar-refractivity contribution in [1.29, 1.82) is 0 Å². The number of ether oxygens (including phenoxy) is 3. The average molecular weight is 309 g/mol. The highest BCUT2D eigenvalue weighted by Gasteiger charge is 2.03. The van der Waals surface area contributed by atoms with Gasteiger partial charge in [-0.1, -0.05) is 6.07 Å². The van der Waals surface area contributed by atoms with Crippen LogP contribution in [0.1, 0.15) is 5.69 Å². The highest BCUT2D eigenvalue weighted by atomic mass is 16.5. The molecule has 0 aliphatic heterocycles. The Morgan fingerprint density at radius 1 is 0.913 bits per heavy atom. The minimum atomic E-state index is 0.292. The van der Waals surface area contributed by atoms with Crippen molar-refractivity contribution in [3.63, 3.8) is 0 Å². The van der Waals surface area contributed by atoms with E-state index in [1.807, 2.05) is 30.3 Å². The minimum absolute atomic E-state index is 0.292. The molecule has 0 bridgehead atoms. The molecule has 0 spiro atoms. The third kappa shape index (κ3) is 4.16. The second kappa shape index (κ2) is 7.22. The Balaban J connectivity index is 1.65. The van der Waals surface area contributed by atoms with E-state index in [0.717, 1.165) is 0 Å². The number of rotatable bonds is 6. The van der Waals surface area contributed by atoms with Crippen molar-refractivity contribution >= 4 is 0 Å². The maximum absolute atomic E-state index is 5.72. The maximum Gasteiger partial charge on any atom is 0.232 e. The molecule has 0 unspecified atom stereocenters. The Morgan fingerprint density at radius 3 is 2.61 bits per heavy atom. The van der Waals surface area contributed by atoms with Crippen LogP contribution in [-0.4, -0.2) is 22.1 Å². The standard InChI is InChI=1S/C17H15N3O3/c1-21-17-11-19-9-13(20-17)12-22-14-4-2-5-15(8-14)23-16-6-3-7-18-10-16/h2-11H,12H2,1H3. The highest BCUT2D eigenvalue weighted by molar-refractivity contribution is 5.36. The smallest absolute Gasteiger partial charge is 0.232 e. The molecule has 0 aliphatic carbocycles. The van der Waals surface area contributed by atoms with Gasteiger partial charge in [0.2, 0.25) is 5.88 Å². The molecular weight excluding hydrogens is 294 g/mol. The number of pyridine rings is 1. The molecule has 2 aromatic heterocycles. The molecule has 0 saturated carbocycles. The molecule has 2 heterocycles. The predicted molar refractivity (Wildman–Crippen MR) is 83.7 cm³/mol. The zero-order valence-corrected chi connectivity index (χ0v) is 12.5. The molecule has 6 nitrogen and oxygen atoms in total. The normalized spacial score (nSPS) is 10.1. The first-order chi connectivity index (χ1) is 11.3. The van der Waals surface area contributed by atoms with Crippen LogP contribution in [0, 0.1) is 0 Å². The quantitative estimate of drug-likeness (QED) is 0.696. The Bertz CT molecular complexity index is 766. The van der Waals surface area contributed by atoms with Gasteiger partial charge in [-0.05, 0) is 24.3 Å². The molecule has 3 rings (SSSR count). The Morgan fingerprint density at radius 2 is 1.78 bits per heavy atom. The van der Waals surface area contributed by atoms with Crippen molar-refractivity contribution in [2.45, 2.75) is 6.61 Å². The second-order valence-electron chi connectivity index (χ2n) is 4.61. The van der Waals surface area contributed by atoms with Gasteiger partial charge in [-0.2, -0.15) is 0 Å². The summed E-state index contributed by atoms with van der Waals surface area (Å²) < 4.78 is 16.5. The van der Waals surface area contributed by atoms with Crippen LogP contribution in [0.2, 0.25) is 0 Å². The summed E-state index contributed by atoms with van der Waals surface area (Å²) in [7, 11) is 1.55. The van der Waals surface area contributed by atoms with E-state index >= 15 is 0 Å². The first-order valence-electron chi connectivity index (χ1n) is 6.99. The Kier molecular flexibility index (Phi) is 4.63. The summed E-state index contributed by atoms with van der Waals surface area (Å²) in [6.45, 7) is 0.292. The van der Waals surface area contributed by atoms with Gasteiger partial charge < -0.3 is 14.2 Å². The SMILES string of the molecule is COc1cncc(COc2cccc(Oc3cccnc3)c2)n1. The average Bonchev–Trinajstić information content (AvgIpc) is 2.61. The molecule has 23 heavy (non-hydrogen) atoms. The van der Waals surface area contributed by atoms with E-state index in [4.69, 9.17) is 14.2 Å². The van der Waals surface area contributed by atoms with Gasteiger partial charge in [0.1, 0.15) is 29.5 Å². The number of aromatic nitrogens is 3. The number of hydrogen-bond donors (Lipinski definition) is 0. The summed E-state index contributed by atoms with van der Waals surface area (Å²) in [6, 6.07) is 11.0. The zero-order chi connectivity index (χ0) is 15.9. The number of methoxy groups -OCH3 is 1. The van der Waals surface area contributed by atoms with E-state index < -0.39 is 0 Å². The van der Waals surface area contributed by atoms with Crippen molar-refractivity contribution < 1.29 is 14.2 Å². The molecule has 116 valence electrons. The van der Waals surface area contributed by atoms with Gasteiger partial charge in [-0.15, -0.1) is 0 Å². The summed E-state index contributed by atoms with van der Waals surface area (Å²) in [5, 5.41) is 0. The molecular formula is C17H15N3O3. The lowest BCUT2D eigenvalue weighted by Gasteiger charge is -2.09. The van der Waals surface area contributed by atoms with Crippen LogP contribution in [0.15, 0.2) is 61.2 Å². The van der Waals surface area contributed by atoms with Crippen LogP contribution in [0.25, 0.3) is 0 Å². The summed E-state index contributed by atoms with van der Waals surface area (Å²) in [4.78, 5) is 12.3. The monoisotopic (exact) mass is 309 g/mol. The molecule has 1 aromatic carbocycles. The van der Waals surface area contributed by atoms with Crippen molar-refractivity contribution in [3.05, 3.63) is 66.9 Å². The lowest BCUT2D eigenvalue weighted by molar-refractivity contribution is 0.296. The van der Waals surface area contributed by atoms with Crippen LogP contribution in [-0.2, 0) is 6.61 Å². The van der Waals surface area contributed by atoms with Gasteiger partial charge in [0.15, 0.2) is 0 Å². The lowest BCUT2D eigenvalue weighted by Crippen LogP contribution is -2.00. The molecule has 0 atom stereocenters. The van der Waals surface area contributed by atoms with Gasteiger partial charge in [-0.3, -0.25) is 9.97 Å². The summed E-state index contributed by atoms with van der Waals surface area (Å²) in [5.41, 5.74) is 0.683. The van der Waals surface area contributed by atoms with Crippen LogP contribution in [0.4, 0.5) is 0 Å². The highest BCUT2D eigenvalue weighted by Crippen LogP contribution is 2.25. The molecule has 3 aromatic rings. The van der Waals surface area contributed by atoms with E-state index in [9.17, 15) is 0 Å². The third-order valence-electron chi connectivity index (χ3n) is 2.93. The van der Waals surface area contributed by atoms with Crippen molar-refractivity contribution in [2.75, 3.05) is 7.11 Å². The first kappa shape index (κ1) is 14.8. The van der Waals surface area contributed by atoms with Gasteiger partial charge in [0, 0.05) is 12.3 Å². The largest absolute Gasteiger partial charge is 0.487 e. The van der Waals surface area contributed by atoms with Gasteiger partial charge >= 0.3 is 0 Å². The molecule has 0 N–H and O–H groups in total. The minimum Gasteiger partial charge on any atom is -0.487 e. The molecule has 0 saturated heterocycles. The Labute approximate surface area is 133 Å². The Hall–Kier alpha value is -3.15. The van der Waals surface area contributed by atoms with E-state index in [2.05, 4.69) is 15.0 Å². The molecule has 0 radical (unpaired) electrons.